The zero-order valence-corrected chi connectivity index (χ0v) is 24.8. The molecule has 3 heterocycles. The Hall–Kier alpha value is -4.50. The van der Waals surface area contributed by atoms with E-state index in [4.69, 9.17) is 5.73 Å². The van der Waals surface area contributed by atoms with E-state index in [1.54, 1.807) is 31.7 Å². The van der Waals surface area contributed by atoms with E-state index in [1.807, 2.05) is 65.2 Å². The second-order valence-corrected chi connectivity index (χ2v) is 11.9. The molecule has 2 aromatic heterocycles. The second kappa shape index (κ2) is 12.4. The molecular formula is C34H38FN5O3. The summed E-state index contributed by atoms with van der Waals surface area (Å²) in [5.74, 6) is -1.13. The lowest BCUT2D eigenvalue weighted by molar-refractivity contribution is -0.127. The van der Waals surface area contributed by atoms with Gasteiger partial charge in [0.1, 0.15) is 11.5 Å². The number of hydrogen-bond acceptors (Lipinski definition) is 4. The maximum Gasteiger partial charge on any atom is 0.271 e. The number of carbonyl (C=O) groups is 3. The molecular weight excluding hydrogens is 545 g/mol. The van der Waals surface area contributed by atoms with Crippen molar-refractivity contribution in [2.75, 3.05) is 26.2 Å². The van der Waals surface area contributed by atoms with Gasteiger partial charge in [0.25, 0.3) is 5.91 Å². The third-order valence-electron chi connectivity index (χ3n) is 8.33. The fourth-order valence-corrected chi connectivity index (χ4v) is 5.62. The maximum absolute atomic E-state index is 14.6. The lowest BCUT2D eigenvalue weighted by Crippen LogP contribution is -2.54. The number of halogens is 1. The number of nitrogens with two attached hydrogens (primary N) is 1. The van der Waals surface area contributed by atoms with Crippen LogP contribution in [-0.2, 0) is 16.0 Å². The highest BCUT2D eigenvalue weighted by molar-refractivity contribution is 6.01. The number of pyridine rings is 1. The Labute approximate surface area is 251 Å². The van der Waals surface area contributed by atoms with Gasteiger partial charge in [0.15, 0.2) is 0 Å². The van der Waals surface area contributed by atoms with Crippen molar-refractivity contribution >= 4 is 23.2 Å². The third-order valence-corrected chi connectivity index (χ3v) is 8.33. The Bertz CT molecular complexity index is 1660. The van der Waals surface area contributed by atoms with Crippen molar-refractivity contribution in [2.45, 2.75) is 39.7 Å². The van der Waals surface area contributed by atoms with E-state index in [1.165, 1.54) is 6.07 Å². The smallest absolute Gasteiger partial charge is 0.271 e. The highest BCUT2D eigenvalue weighted by Gasteiger charge is 2.32. The summed E-state index contributed by atoms with van der Waals surface area (Å²) in [6.07, 6.45) is 2.42. The van der Waals surface area contributed by atoms with E-state index in [2.05, 4.69) is 10.6 Å². The van der Waals surface area contributed by atoms with Crippen LogP contribution in [0.15, 0.2) is 72.9 Å². The second-order valence-electron chi connectivity index (χ2n) is 11.9. The summed E-state index contributed by atoms with van der Waals surface area (Å²) in [4.78, 5) is 40.6. The molecule has 43 heavy (non-hydrogen) atoms. The number of rotatable bonds is 9. The lowest BCUT2D eigenvalue weighted by atomic mass is 9.92. The molecule has 0 saturated carbocycles. The first-order chi connectivity index (χ1) is 20.6. The van der Waals surface area contributed by atoms with Crippen LogP contribution in [0.5, 0.6) is 0 Å². The van der Waals surface area contributed by atoms with E-state index in [0.717, 1.165) is 27.8 Å². The van der Waals surface area contributed by atoms with Gasteiger partial charge in [0.2, 0.25) is 11.8 Å². The number of hydrogen-bond donors (Lipinski definition) is 3. The summed E-state index contributed by atoms with van der Waals surface area (Å²) < 4.78 is 16.6. The number of nitrogens with one attached hydrogen (secondary N) is 2. The van der Waals surface area contributed by atoms with Gasteiger partial charge in [0, 0.05) is 56.8 Å². The molecule has 5 rings (SSSR count). The molecule has 1 aliphatic rings. The number of aromatic nitrogens is 1. The van der Waals surface area contributed by atoms with Crippen LogP contribution < -0.4 is 16.4 Å². The summed E-state index contributed by atoms with van der Waals surface area (Å²) in [5, 5.41) is 6.15. The summed E-state index contributed by atoms with van der Waals surface area (Å²) in [5.41, 5.74) is 10.1. The van der Waals surface area contributed by atoms with Gasteiger partial charge in [-0.2, -0.15) is 0 Å². The van der Waals surface area contributed by atoms with Crippen molar-refractivity contribution in [2.24, 2.45) is 11.1 Å². The lowest BCUT2D eigenvalue weighted by Gasteiger charge is -2.34. The van der Waals surface area contributed by atoms with Gasteiger partial charge < -0.3 is 25.7 Å². The van der Waals surface area contributed by atoms with E-state index in [-0.39, 0.29) is 36.6 Å². The maximum atomic E-state index is 14.6. The number of carbonyl (C=O) groups excluding carboxylic acids is 3. The molecule has 0 bridgehead atoms. The monoisotopic (exact) mass is 583 g/mol. The van der Waals surface area contributed by atoms with Gasteiger partial charge in [-0.1, -0.05) is 48.5 Å². The standard InChI is InChI=1S/C34H38FN5O3/c1-22-24(12-9-13-27(22)35)18-26-30(23-10-5-4-6-11-23)28-14-7-8-16-40(28)31(26)32(42)39-17-15-37-25(20-39)19-29(41)38-21-34(2,3)33(36)43/h4-14,16,25,37H,15,17-21H2,1-3H3,(H2,36,43)(H,38,41)/t25-/m0/s1. The van der Waals surface area contributed by atoms with Gasteiger partial charge in [-0.15, -0.1) is 0 Å². The minimum atomic E-state index is -0.861. The van der Waals surface area contributed by atoms with Crippen molar-refractivity contribution in [3.8, 4) is 11.1 Å². The molecule has 1 aliphatic heterocycles. The molecule has 1 atom stereocenters. The number of nitrogens with zero attached hydrogens (tertiary/aromatic N) is 2. The van der Waals surface area contributed by atoms with Crippen molar-refractivity contribution in [3.63, 3.8) is 0 Å². The van der Waals surface area contributed by atoms with Crippen molar-refractivity contribution in [3.05, 3.63) is 101 Å². The van der Waals surface area contributed by atoms with Crippen LogP contribution in [0.3, 0.4) is 0 Å². The van der Waals surface area contributed by atoms with Crippen LogP contribution >= 0.6 is 0 Å². The minimum Gasteiger partial charge on any atom is -0.369 e. The Morgan fingerprint density at radius 2 is 1.79 bits per heavy atom. The van der Waals surface area contributed by atoms with E-state index in [0.29, 0.717) is 37.3 Å². The third kappa shape index (κ3) is 6.32. The molecule has 9 heteroatoms. The Morgan fingerprint density at radius 1 is 1.05 bits per heavy atom. The zero-order valence-electron chi connectivity index (χ0n) is 24.8. The number of piperazine rings is 1. The fourth-order valence-electron chi connectivity index (χ4n) is 5.62. The molecule has 224 valence electrons. The topological polar surface area (TPSA) is 109 Å². The first kappa shape index (κ1) is 30.0. The van der Waals surface area contributed by atoms with Crippen LogP contribution in [0.1, 0.15) is 47.4 Å². The summed E-state index contributed by atoms with van der Waals surface area (Å²) in [7, 11) is 0. The number of benzene rings is 2. The van der Waals surface area contributed by atoms with Crippen LogP contribution in [0.25, 0.3) is 16.6 Å². The van der Waals surface area contributed by atoms with Gasteiger partial charge in [-0.25, -0.2) is 4.39 Å². The quantitative estimate of drug-likeness (QED) is 0.276. The Morgan fingerprint density at radius 3 is 2.53 bits per heavy atom. The number of amides is 3. The molecule has 0 aliphatic carbocycles. The molecule has 8 nitrogen and oxygen atoms in total. The van der Waals surface area contributed by atoms with Gasteiger partial charge in [-0.3, -0.25) is 14.4 Å². The predicted molar refractivity (Wildman–Crippen MR) is 165 cm³/mol. The number of primary amides is 1. The minimum absolute atomic E-state index is 0.137. The molecule has 3 amide bonds. The van der Waals surface area contributed by atoms with Gasteiger partial charge >= 0.3 is 0 Å². The molecule has 0 spiro atoms. The van der Waals surface area contributed by atoms with Crippen molar-refractivity contribution in [1.29, 1.82) is 0 Å². The first-order valence-corrected chi connectivity index (χ1v) is 14.6. The highest BCUT2D eigenvalue weighted by Crippen LogP contribution is 2.36. The average molecular weight is 584 g/mol. The van der Waals surface area contributed by atoms with Crippen LogP contribution in [0.4, 0.5) is 4.39 Å². The van der Waals surface area contributed by atoms with E-state index < -0.39 is 11.3 Å². The molecule has 0 unspecified atom stereocenters. The summed E-state index contributed by atoms with van der Waals surface area (Å²) >= 11 is 0. The van der Waals surface area contributed by atoms with Crippen LogP contribution in [-0.4, -0.2) is 59.2 Å². The Kier molecular flexibility index (Phi) is 8.64. The molecule has 2 aromatic carbocycles. The molecule has 0 radical (unpaired) electrons. The van der Waals surface area contributed by atoms with Gasteiger partial charge in [0.05, 0.1) is 10.9 Å². The first-order valence-electron chi connectivity index (χ1n) is 14.6. The fraction of sp³-hybridized carbons (Fsp3) is 0.324. The van der Waals surface area contributed by atoms with Crippen LogP contribution in [0, 0.1) is 18.2 Å². The SMILES string of the molecule is Cc1c(F)cccc1Cc1c(-c2ccccc2)c2ccccn2c1C(=O)N1CCN[C@@H](CC(=O)NCC(C)(C)C(N)=O)C1. The van der Waals surface area contributed by atoms with Crippen LogP contribution in [0.2, 0.25) is 0 Å². The molecule has 4 N–H and O–H groups in total. The van der Waals surface area contributed by atoms with E-state index >= 15 is 0 Å². The molecule has 1 saturated heterocycles. The normalized spacial score (nSPS) is 15.4. The molecule has 4 aromatic rings. The Balaban J connectivity index is 1.49. The largest absolute Gasteiger partial charge is 0.369 e. The predicted octanol–water partition coefficient (Wildman–Crippen LogP) is 4.08. The van der Waals surface area contributed by atoms with Crippen molar-refractivity contribution in [1.82, 2.24) is 19.9 Å². The molecule has 1 fully saturated rings. The highest BCUT2D eigenvalue weighted by atomic mass is 19.1. The van der Waals surface area contributed by atoms with Gasteiger partial charge in [-0.05, 0) is 61.2 Å². The van der Waals surface area contributed by atoms with E-state index in [9.17, 15) is 18.8 Å². The summed E-state index contributed by atoms with van der Waals surface area (Å²) in [6.45, 7) is 6.62. The number of fused-ring (bicyclic) bond motifs is 1. The van der Waals surface area contributed by atoms with Crippen molar-refractivity contribution < 1.29 is 18.8 Å². The summed E-state index contributed by atoms with van der Waals surface area (Å²) in [6, 6.07) is 20.6. The zero-order chi connectivity index (χ0) is 30.7. The average Bonchev–Trinajstić information content (AvgIpc) is 3.32.